The van der Waals surface area contributed by atoms with Gasteiger partial charge in [-0.2, -0.15) is 10.4 Å². The Kier molecular flexibility index (Phi) is 5.50. The zero-order valence-corrected chi connectivity index (χ0v) is 20.5. The van der Waals surface area contributed by atoms with Crippen molar-refractivity contribution in [1.29, 1.82) is 5.26 Å². The van der Waals surface area contributed by atoms with Crippen molar-refractivity contribution in [3.63, 3.8) is 0 Å². The number of nitrogens with zero attached hydrogens (tertiary/aromatic N) is 4. The molecular formula is C29H28N6O3. The summed E-state index contributed by atoms with van der Waals surface area (Å²) in [7, 11) is 0. The highest BCUT2D eigenvalue weighted by molar-refractivity contribution is 6.01. The average Bonchev–Trinajstić information content (AvgIpc) is 3.29. The summed E-state index contributed by atoms with van der Waals surface area (Å²) in [5.74, 6) is -0.861. The van der Waals surface area contributed by atoms with Crippen LogP contribution in [-0.4, -0.2) is 46.8 Å². The zero-order chi connectivity index (χ0) is 30.9. The fourth-order valence-corrected chi connectivity index (χ4v) is 4.42. The lowest BCUT2D eigenvalue weighted by Gasteiger charge is -2.25. The largest absolute Gasteiger partial charge is 0.489 e. The van der Waals surface area contributed by atoms with E-state index in [2.05, 4.69) is 16.7 Å². The van der Waals surface area contributed by atoms with E-state index in [0.717, 1.165) is 10.9 Å². The molecule has 2 amide bonds. The van der Waals surface area contributed by atoms with E-state index in [1.165, 1.54) is 11.8 Å². The molecule has 3 aromatic carbocycles. The topological polar surface area (TPSA) is 112 Å². The van der Waals surface area contributed by atoms with E-state index in [1.807, 2.05) is 30.3 Å². The molecule has 9 heteroatoms. The van der Waals surface area contributed by atoms with Crippen LogP contribution in [-0.2, 0) is 16.1 Å². The third-order valence-electron chi connectivity index (χ3n) is 6.35. The summed E-state index contributed by atoms with van der Waals surface area (Å²) in [5.41, 5.74) is 2.76. The summed E-state index contributed by atoms with van der Waals surface area (Å²) < 4.78 is 45.3. The van der Waals surface area contributed by atoms with E-state index < -0.39 is 37.2 Å². The van der Waals surface area contributed by atoms with Crippen LogP contribution in [0.25, 0.3) is 16.6 Å². The monoisotopic (exact) mass is 513 g/mol. The van der Waals surface area contributed by atoms with Gasteiger partial charge >= 0.3 is 0 Å². The Bertz CT molecular complexity index is 1730. The minimum atomic E-state index is -3.01. The number of para-hydroxylation sites is 4. The number of likely N-dealkylation sites (N-methyl/N-ethyl adjacent to an activating group) is 1. The first-order chi connectivity index (χ1) is 20.4. The maximum absolute atomic E-state index is 14.0. The molecule has 38 heavy (non-hydrogen) atoms. The van der Waals surface area contributed by atoms with Gasteiger partial charge in [0.2, 0.25) is 5.91 Å². The summed E-state index contributed by atoms with van der Waals surface area (Å²) >= 11 is 0. The fourth-order valence-electron chi connectivity index (χ4n) is 4.42. The number of nitrogens with one attached hydrogen (secondary N) is 2. The molecule has 1 aliphatic rings. The molecule has 2 heterocycles. The van der Waals surface area contributed by atoms with Crippen LogP contribution in [0, 0.1) is 11.3 Å². The van der Waals surface area contributed by atoms with Crippen LogP contribution in [0.4, 0.5) is 5.69 Å². The highest BCUT2D eigenvalue weighted by Crippen LogP contribution is 2.33. The van der Waals surface area contributed by atoms with Crippen LogP contribution in [0.15, 0.2) is 72.8 Å². The van der Waals surface area contributed by atoms with Crippen molar-refractivity contribution in [3.8, 4) is 17.5 Å². The maximum Gasteiger partial charge on any atom is 0.253 e. The van der Waals surface area contributed by atoms with E-state index in [4.69, 9.17) is 16.7 Å². The van der Waals surface area contributed by atoms with E-state index >= 15 is 0 Å². The van der Waals surface area contributed by atoms with Gasteiger partial charge in [-0.25, -0.2) is 4.68 Å². The lowest BCUT2D eigenvalue weighted by atomic mass is 10.1. The molecule has 1 aromatic heterocycles. The minimum absolute atomic E-state index is 0.00319. The van der Waals surface area contributed by atoms with Gasteiger partial charge in [-0.1, -0.05) is 49.3 Å². The second-order valence-corrected chi connectivity index (χ2v) is 8.76. The van der Waals surface area contributed by atoms with Crippen molar-refractivity contribution in [2.75, 3.05) is 18.0 Å². The normalized spacial score (nSPS) is 18.4. The number of rotatable bonds is 7. The molecule has 4 aromatic rings. The van der Waals surface area contributed by atoms with Crippen LogP contribution in [0.1, 0.15) is 31.9 Å². The van der Waals surface area contributed by atoms with Gasteiger partial charge in [0.1, 0.15) is 24.5 Å². The second-order valence-electron chi connectivity index (χ2n) is 8.76. The van der Waals surface area contributed by atoms with Crippen LogP contribution < -0.4 is 20.3 Å². The number of hydrogen-bond donors (Lipinski definition) is 2. The molecule has 5 rings (SSSR count). The van der Waals surface area contributed by atoms with Crippen molar-refractivity contribution in [1.82, 2.24) is 20.4 Å². The van der Waals surface area contributed by atoms with E-state index in [-0.39, 0.29) is 13.2 Å². The maximum atomic E-state index is 14.0. The predicted molar refractivity (Wildman–Crippen MR) is 144 cm³/mol. The number of ether oxygens (including phenoxy) is 1. The van der Waals surface area contributed by atoms with Gasteiger partial charge in [0.15, 0.2) is 0 Å². The summed E-state index contributed by atoms with van der Waals surface area (Å²) in [4.78, 5) is 28.5. The van der Waals surface area contributed by atoms with Crippen LogP contribution in [0.2, 0.25) is 0 Å². The summed E-state index contributed by atoms with van der Waals surface area (Å²) in [6.45, 7) is -4.74. The Balaban J connectivity index is 1.48. The molecule has 0 saturated heterocycles. The number of benzene rings is 3. The van der Waals surface area contributed by atoms with Gasteiger partial charge in [0.25, 0.3) is 5.91 Å². The van der Waals surface area contributed by atoms with Crippen LogP contribution in [0.3, 0.4) is 0 Å². The highest BCUT2D eigenvalue weighted by atomic mass is 16.5. The van der Waals surface area contributed by atoms with Crippen LogP contribution in [0.5, 0.6) is 5.75 Å². The van der Waals surface area contributed by atoms with Gasteiger partial charge < -0.3 is 20.3 Å². The summed E-state index contributed by atoms with van der Waals surface area (Å²) in [6.07, 6.45) is 0. The van der Waals surface area contributed by atoms with Crippen molar-refractivity contribution in [2.45, 2.75) is 32.4 Å². The molecule has 0 saturated carbocycles. The molecule has 0 radical (unpaired) electrons. The first-order valence-corrected chi connectivity index (χ1v) is 12.0. The molecule has 0 spiro atoms. The molecule has 1 aliphatic heterocycles. The van der Waals surface area contributed by atoms with Crippen molar-refractivity contribution in [3.05, 3.63) is 84.1 Å². The lowest BCUT2D eigenvalue weighted by Crippen LogP contribution is -2.54. The Labute approximate surface area is 227 Å². The first-order valence-electron chi connectivity index (χ1n) is 14.5. The minimum Gasteiger partial charge on any atom is -0.489 e. The fraction of sp³-hybridized carbons (Fsp3) is 0.241. The van der Waals surface area contributed by atoms with Gasteiger partial charge in [0.05, 0.1) is 40.7 Å². The number of anilines is 1. The lowest BCUT2D eigenvalue weighted by molar-refractivity contribution is -0.129. The first kappa shape index (κ1) is 19.4. The second kappa shape index (κ2) is 10.7. The Morgan fingerprint density at radius 1 is 1.18 bits per heavy atom. The van der Waals surface area contributed by atoms with E-state index in [1.54, 1.807) is 47.1 Å². The SMILES string of the molecule is [2H]C([2H])([2H])C([2H])([2H])N[C@@H](C)C(=O)N[C@H]1COc2ccccc2N(Cc2nn(-c3ccccc3C#N)c3ccccc23)C1=O. The van der Waals surface area contributed by atoms with E-state index in [9.17, 15) is 14.9 Å². The third kappa shape index (κ3) is 4.69. The summed E-state index contributed by atoms with van der Waals surface area (Å²) in [5, 5.41) is 20.0. The molecule has 9 nitrogen and oxygen atoms in total. The quantitative estimate of drug-likeness (QED) is 0.392. The Morgan fingerprint density at radius 2 is 1.92 bits per heavy atom. The number of carbonyl (C=O) groups excluding carboxylic acids is 2. The number of hydrogen-bond acceptors (Lipinski definition) is 6. The summed E-state index contributed by atoms with van der Waals surface area (Å²) in [6, 6.07) is 21.2. The Morgan fingerprint density at radius 3 is 2.74 bits per heavy atom. The average molecular weight is 514 g/mol. The number of fused-ring (bicyclic) bond motifs is 2. The van der Waals surface area contributed by atoms with Crippen LogP contribution >= 0.6 is 0 Å². The number of aromatic nitrogens is 2. The molecule has 2 N–H and O–H groups in total. The molecule has 0 aliphatic carbocycles. The molecule has 0 fully saturated rings. The number of nitriles is 1. The number of amides is 2. The Hall–Kier alpha value is -4.68. The molecule has 0 unspecified atom stereocenters. The molecular weight excluding hydrogens is 480 g/mol. The smallest absolute Gasteiger partial charge is 0.253 e. The predicted octanol–water partition coefficient (Wildman–Crippen LogP) is 3.31. The number of carbonyl (C=O) groups is 2. The van der Waals surface area contributed by atoms with Gasteiger partial charge in [0, 0.05) is 12.2 Å². The zero-order valence-electron chi connectivity index (χ0n) is 25.5. The highest BCUT2D eigenvalue weighted by Gasteiger charge is 2.34. The molecule has 0 bridgehead atoms. The van der Waals surface area contributed by atoms with Gasteiger partial charge in [-0.15, -0.1) is 0 Å². The van der Waals surface area contributed by atoms with Crippen molar-refractivity contribution < 1.29 is 21.2 Å². The van der Waals surface area contributed by atoms with Crippen molar-refractivity contribution >= 4 is 28.4 Å². The third-order valence-corrected chi connectivity index (χ3v) is 6.35. The van der Waals surface area contributed by atoms with Crippen molar-refractivity contribution in [2.24, 2.45) is 0 Å². The van der Waals surface area contributed by atoms with E-state index in [0.29, 0.717) is 28.4 Å². The standard InChI is InChI=1S/C29H28N6O3/c1-3-31-19(2)28(36)32-23-18-38-27-15-9-8-14-26(27)34(29(23)37)17-22-21-11-5-7-13-25(21)35(33-22)24-12-6-4-10-20(24)16-30/h4-15,19,23,31H,3,17-18H2,1-2H3,(H,32,36)/t19-,23-/m0/s1/i1D3,3D2. The van der Waals surface area contributed by atoms with Gasteiger partial charge in [-0.05, 0) is 43.8 Å². The molecule has 192 valence electrons. The molecule has 2 atom stereocenters. The van der Waals surface area contributed by atoms with Gasteiger partial charge in [-0.3, -0.25) is 9.59 Å².